The van der Waals surface area contributed by atoms with Crippen LogP contribution < -0.4 is 5.32 Å². The predicted octanol–water partition coefficient (Wildman–Crippen LogP) is 4.86. The SMILES string of the molecule is O=C(c1ccc(F)cc1)[C@H](Nc1ccccc1)c1ccccc1. The zero-order chi connectivity index (χ0) is 16.1. The number of hydrogen-bond acceptors (Lipinski definition) is 2. The lowest BCUT2D eigenvalue weighted by molar-refractivity contribution is 0.0969. The fraction of sp³-hybridized carbons (Fsp3) is 0.0500. The fourth-order valence-electron chi connectivity index (χ4n) is 2.43. The van der Waals surface area contributed by atoms with Crippen molar-refractivity contribution in [3.05, 3.63) is 102 Å². The first-order chi connectivity index (χ1) is 11.2. The molecule has 0 fully saturated rings. The Morgan fingerprint density at radius 1 is 0.783 bits per heavy atom. The zero-order valence-corrected chi connectivity index (χ0v) is 12.4. The van der Waals surface area contributed by atoms with E-state index in [2.05, 4.69) is 5.32 Å². The number of benzene rings is 3. The van der Waals surface area contributed by atoms with E-state index in [4.69, 9.17) is 0 Å². The van der Waals surface area contributed by atoms with Gasteiger partial charge in [-0.2, -0.15) is 0 Å². The van der Waals surface area contributed by atoms with E-state index in [1.807, 2.05) is 60.7 Å². The molecule has 0 aromatic heterocycles. The van der Waals surface area contributed by atoms with Crippen LogP contribution in [0.2, 0.25) is 0 Å². The molecule has 3 aromatic rings. The second kappa shape index (κ2) is 6.88. The highest BCUT2D eigenvalue weighted by Crippen LogP contribution is 2.23. The molecule has 3 heteroatoms. The second-order valence-electron chi connectivity index (χ2n) is 5.23. The molecule has 23 heavy (non-hydrogen) atoms. The average Bonchev–Trinajstić information content (AvgIpc) is 2.61. The van der Waals surface area contributed by atoms with E-state index < -0.39 is 6.04 Å². The molecule has 0 amide bonds. The molecule has 1 atom stereocenters. The van der Waals surface area contributed by atoms with Crippen molar-refractivity contribution in [1.82, 2.24) is 0 Å². The van der Waals surface area contributed by atoms with Crippen LogP contribution in [0.15, 0.2) is 84.9 Å². The molecular weight excluding hydrogens is 289 g/mol. The van der Waals surface area contributed by atoms with Crippen molar-refractivity contribution in [3.8, 4) is 0 Å². The maximum atomic E-state index is 13.1. The van der Waals surface area contributed by atoms with Crippen LogP contribution in [0.4, 0.5) is 10.1 Å². The third-order valence-corrected chi connectivity index (χ3v) is 3.61. The number of nitrogens with one attached hydrogen (secondary N) is 1. The molecule has 0 unspecified atom stereocenters. The number of para-hydroxylation sites is 1. The summed E-state index contributed by atoms with van der Waals surface area (Å²) in [4.78, 5) is 12.9. The van der Waals surface area contributed by atoms with Crippen LogP contribution in [-0.4, -0.2) is 5.78 Å². The van der Waals surface area contributed by atoms with Gasteiger partial charge in [0.1, 0.15) is 11.9 Å². The van der Waals surface area contributed by atoms with Crippen molar-refractivity contribution in [1.29, 1.82) is 0 Å². The number of anilines is 1. The summed E-state index contributed by atoms with van der Waals surface area (Å²) in [6, 6.07) is 24.2. The van der Waals surface area contributed by atoms with Gasteiger partial charge in [0.25, 0.3) is 0 Å². The molecule has 0 radical (unpaired) electrons. The number of halogens is 1. The van der Waals surface area contributed by atoms with Gasteiger partial charge in [-0.25, -0.2) is 4.39 Å². The molecule has 0 aliphatic carbocycles. The molecule has 0 bridgehead atoms. The van der Waals surface area contributed by atoms with Gasteiger partial charge < -0.3 is 5.32 Å². The molecule has 3 rings (SSSR count). The highest BCUT2D eigenvalue weighted by Gasteiger charge is 2.21. The minimum atomic E-state index is -0.524. The summed E-state index contributed by atoms with van der Waals surface area (Å²) in [5.74, 6) is -0.450. The number of rotatable bonds is 5. The Balaban J connectivity index is 1.94. The maximum Gasteiger partial charge on any atom is 0.189 e. The van der Waals surface area contributed by atoms with Crippen LogP contribution in [0, 0.1) is 5.82 Å². The molecule has 0 saturated carbocycles. The first-order valence-electron chi connectivity index (χ1n) is 7.40. The number of hydrogen-bond donors (Lipinski definition) is 1. The lowest BCUT2D eigenvalue weighted by atomic mass is 9.97. The number of carbonyl (C=O) groups is 1. The van der Waals surface area contributed by atoms with Crippen LogP contribution in [-0.2, 0) is 0 Å². The highest BCUT2D eigenvalue weighted by molar-refractivity contribution is 6.02. The van der Waals surface area contributed by atoms with E-state index in [0.29, 0.717) is 5.56 Å². The van der Waals surface area contributed by atoms with Crippen LogP contribution >= 0.6 is 0 Å². The molecule has 0 aliphatic heterocycles. The number of Topliss-reactive ketones (excluding diaryl/α,β-unsaturated/α-hetero) is 1. The minimum Gasteiger partial charge on any atom is -0.371 e. The van der Waals surface area contributed by atoms with Crippen molar-refractivity contribution >= 4 is 11.5 Å². The molecule has 2 nitrogen and oxygen atoms in total. The first-order valence-corrected chi connectivity index (χ1v) is 7.40. The maximum absolute atomic E-state index is 13.1. The Kier molecular flexibility index (Phi) is 4.48. The molecule has 0 spiro atoms. The Bertz CT molecular complexity index is 770. The Hall–Kier alpha value is -2.94. The molecular formula is C20H16FNO. The van der Waals surface area contributed by atoms with Crippen LogP contribution in [0.1, 0.15) is 22.0 Å². The van der Waals surface area contributed by atoms with E-state index in [1.54, 1.807) is 0 Å². The molecule has 114 valence electrons. The topological polar surface area (TPSA) is 29.1 Å². The van der Waals surface area contributed by atoms with E-state index in [-0.39, 0.29) is 11.6 Å². The van der Waals surface area contributed by atoms with Gasteiger partial charge in [-0.1, -0.05) is 48.5 Å². The van der Waals surface area contributed by atoms with Gasteiger partial charge in [-0.15, -0.1) is 0 Å². The van der Waals surface area contributed by atoms with E-state index in [9.17, 15) is 9.18 Å². The largest absolute Gasteiger partial charge is 0.371 e. The third kappa shape index (κ3) is 3.64. The fourth-order valence-corrected chi connectivity index (χ4v) is 2.43. The molecule has 0 saturated heterocycles. The third-order valence-electron chi connectivity index (χ3n) is 3.61. The van der Waals surface area contributed by atoms with Crippen LogP contribution in [0.5, 0.6) is 0 Å². The van der Waals surface area contributed by atoms with Crippen molar-refractivity contribution in [2.24, 2.45) is 0 Å². The normalized spacial score (nSPS) is 11.7. The van der Waals surface area contributed by atoms with E-state index in [0.717, 1.165) is 11.3 Å². The van der Waals surface area contributed by atoms with Gasteiger partial charge in [0, 0.05) is 11.3 Å². The zero-order valence-electron chi connectivity index (χ0n) is 12.4. The molecule has 0 aliphatic rings. The van der Waals surface area contributed by atoms with Crippen molar-refractivity contribution < 1.29 is 9.18 Å². The standard InChI is InChI=1S/C20H16FNO/c21-17-13-11-16(12-14-17)20(23)19(15-7-3-1-4-8-15)22-18-9-5-2-6-10-18/h1-14,19,22H/t19-/m1/s1. The van der Waals surface area contributed by atoms with Gasteiger partial charge in [0.15, 0.2) is 5.78 Å². The lowest BCUT2D eigenvalue weighted by Gasteiger charge is -2.19. The lowest BCUT2D eigenvalue weighted by Crippen LogP contribution is -2.21. The van der Waals surface area contributed by atoms with E-state index in [1.165, 1.54) is 24.3 Å². The highest BCUT2D eigenvalue weighted by atomic mass is 19.1. The Morgan fingerprint density at radius 3 is 1.96 bits per heavy atom. The summed E-state index contributed by atoms with van der Waals surface area (Å²) >= 11 is 0. The van der Waals surface area contributed by atoms with Crippen molar-refractivity contribution in [2.45, 2.75) is 6.04 Å². The second-order valence-corrected chi connectivity index (χ2v) is 5.23. The average molecular weight is 305 g/mol. The molecule has 0 heterocycles. The summed E-state index contributed by atoms with van der Waals surface area (Å²) in [7, 11) is 0. The van der Waals surface area contributed by atoms with Crippen LogP contribution in [0.25, 0.3) is 0 Å². The minimum absolute atomic E-state index is 0.0972. The Morgan fingerprint density at radius 2 is 1.35 bits per heavy atom. The quantitative estimate of drug-likeness (QED) is 0.682. The molecule has 1 N–H and O–H groups in total. The van der Waals surface area contributed by atoms with Gasteiger partial charge in [0.05, 0.1) is 0 Å². The number of carbonyl (C=O) groups excluding carboxylic acids is 1. The van der Waals surface area contributed by atoms with Gasteiger partial charge in [-0.05, 0) is 42.0 Å². The summed E-state index contributed by atoms with van der Waals surface area (Å²) < 4.78 is 13.1. The van der Waals surface area contributed by atoms with Gasteiger partial charge in [0.2, 0.25) is 0 Å². The smallest absolute Gasteiger partial charge is 0.189 e. The van der Waals surface area contributed by atoms with Crippen molar-refractivity contribution in [2.75, 3.05) is 5.32 Å². The molecule has 3 aromatic carbocycles. The summed E-state index contributed by atoms with van der Waals surface area (Å²) in [6.07, 6.45) is 0. The first kappa shape index (κ1) is 15.0. The van der Waals surface area contributed by atoms with E-state index >= 15 is 0 Å². The Labute approximate surface area is 134 Å². The predicted molar refractivity (Wildman–Crippen MR) is 90.0 cm³/mol. The summed E-state index contributed by atoms with van der Waals surface area (Å²) in [5.41, 5.74) is 2.20. The van der Waals surface area contributed by atoms with Crippen molar-refractivity contribution in [3.63, 3.8) is 0 Å². The number of ketones is 1. The van der Waals surface area contributed by atoms with Gasteiger partial charge in [-0.3, -0.25) is 4.79 Å². The summed E-state index contributed by atoms with van der Waals surface area (Å²) in [5, 5.41) is 3.26. The van der Waals surface area contributed by atoms with Crippen LogP contribution in [0.3, 0.4) is 0 Å². The summed E-state index contributed by atoms with van der Waals surface area (Å²) in [6.45, 7) is 0. The monoisotopic (exact) mass is 305 g/mol. The van der Waals surface area contributed by atoms with Gasteiger partial charge >= 0.3 is 0 Å².